The topological polar surface area (TPSA) is 61.6 Å². The van der Waals surface area contributed by atoms with Crippen molar-refractivity contribution in [2.75, 3.05) is 13.7 Å². The van der Waals surface area contributed by atoms with Gasteiger partial charge in [0, 0.05) is 5.56 Å². The molecule has 0 heterocycles. The van der Waals surface area contributed by atoms with Gasteiger partial charge in [-0.2, -0.15) is 0 Å². The molecule has 1 aromatic rings. The minimum absolute atomic E-state index is 0.0442. The molecule has 18 heavy (non-hydrogen) atoms. The first kappa shape index (κ1) is 14.6. The van der Waals surface area contributed by atoms with Gasteiger partial charge in [-0.1, -0.05) is 13.3 Å². The molecule has 0 radical (unpaired) electrons. The molecule has 0 atom stereocenters. The number of benzene rings is 1. The van der Waals surface area contributed by atoms with Gasteiger partial charge in [0.2, 0.25) is 0 Å². The summed E-state index contributed by atoms with van der Waals surface area (Å²) in [5.74, 6) is 0.904. The summed E-state index contributed by atoms with van der Waals surface area (Å²) in [7, 11) is 1.49. The lowest BCUT2D eigenvalue weighted by molar-refractivity contribution is -0.385. The van der Waals surface area contributed by atoms with Gasteiger partial charge in [0.15, 0.2) is 11.5 Å². The number of nitro groups is 1. The van der Waals surface area contributed by atoms with Crippen LogP contribution in [0.2, 0.25) is 0 Å². The number of hydrogen-bond donors (Lipinski definition) is 0. The Hall–Kier alpha value is -1.49. The number of ether oxygens (including phenoxy) is 2. The second-order valence-corrected chi connectivity index (χ2v) is 3.99. The van der Waals surface area contributed by atoms with Crippen molar-refractivity contribution in [3.05, 3.63) is 27.8 Å². The third-order valence-corrected chi connectivity index (χ3v) is 2.75. The second-order valence-electron chi connectivity index (χ2n) is 3.72. The molecule has 6 heteroatoms. The van der Waals surface area contributed by atoms with Gasteiger partial charge in [-0.25, -0.2) is 0 Å². The maximum Gasteiger partial charge on any atom is 0.277 e. The summed E-state index contributed by atoms with van der Waals surface area (Å²) in [5, 5.41) is 10.9. The van der Waals surface area contributed by atoms with E-state index >= 15 is 0 Å². The number of nitrogens with zero attached hydrogens (tertiary/aromatic N) is 1. The van der Waals surface area contributed by atoms with Crippen LogP contribution in [0.1, 0.15) is 25.3 Å². The van der Waals surface area contributed by atoms with Gasteiger partial charge in [0.05, 0.1) is 30.6 Å². The average Bonchev–Trinajstić information content (AvgIpc) is 2.38. The Morgan fingerprint density at radius 1 is 1.39 bits per heavy atom. The Kier molecular flexibility index (Phi) is 5.71. The van der Waals surface area contributed by atoms with Crippen molar-refractivity contribution in [2.45, 2.75) is 25.6 Å². The molecule has 0 saturated carbocycles. The standard InChI is InChI=1S/C12H16ClNO4/c1-3-4-5-18-12-7-10(14(15)16)9(8-13)6-11(12)17-2/h6-7H,3-5,8H2,1-2H3. The quantitative estimate of drug-likeness (QED) is 0.330. The molecule has 0 aliphatic carbocycles. The molecule has 0 unspecified atom stereocenters. The molecular formula is C12H16ClNO4. The first-order valence-corrected chi connectivity index (χ1v) is 6.21. The van der Waals surface area contributed by atoms with E-state index in [0.29, 0.717) is 23.7 Å². The summed E-state index contributed by atoms with van der Waals surface area (Å²) < 4.78 is 10.6. The van der Waals surface area contributed by atoms with Crippen LogP contribution < -0.4 is 9.47 Å². The van der Waals surface area contributed by atoms with Gasteiger partial charge in [-0.15, -0.1) is 11.6 Å². The van der Waals surface area contributed by atoms with Crippen molar-refractivity contribution < 1.29 is 14.4 Å². The molecule has 0 spiro atoms. The summed E-state index contributed by atoms with van der Waals surface area (Å²) in [6, 6.07) is 2.92. The molecule has 0 aliphatic rings. The zero-order chi connectivity index (χ0) is 13.5. The molecule has 0 aromatic heterocycles. The molecule has 0 bridgehead atoms. The number of hydrogen-bond acceptors (Lipinski definition) is 4. The van der Waals surface area contributed by atoms with E-state index in [0.717, 1.165) is 12.8 Å². The number of nitro benzene ring substituents is 1. The van der Waals surface area contributed by atoms with E-state index in [2.05, 4.69) is 0 Å². The predicted molar refractivity (Wildman–Crippen MR) is 69.6 cm³/mol. The van der Waals surface area contributed by atoms with Gasteiger partial charge >= 0.3 is 0 Å². The lowest BCUT2D eigenvalue weighted by Gasteiger charge is -2.11. The van der Waals surface area contributed by atoms with Crippen molar-refractivity contribution in [3.63, 3.8) is 0 Å². The van der Waals surface area contributed by atoms with Crippen LogP contribution in [-0.4, -0.2) is 18.6 Å². The molecule has 100 valence electrons. The summed E-state index contributed by atoms with van der Waals surface area (Å²) in [6.07, 6.45) is 1.87. The molecule has 0 saturated heterocycles. The van der Waals surface area contributed by atoms with Crippen molar-refractivity contribution in [1.82, 2.24) is 0 Å². The number of alkyl halides is 1. The summed E-state index contributed by atoms with van der Waals surface area (Å²) in [6.45, 7) is 2.55. The average molecular weight is 274 g/mol. The maximum absolute atomic E-state index is 10.9. The SMILES string of the molecule is CCCCOc1cc([N+](=O)[O-])c(CCl)cc1OC. The highest BCUT2D eigenvalue weighted by molar-refractivity contribution is 6.17. The smallest absolute Gasteiger partial charge is 0.277 e. The highest BCUT2D eigenvalue weighted by atomic mass is 35.5. The van der Waals surface area contributed by atoms with Crippen LogP contribution in [0, 0.1) is 10.1 Å². The number of methoxy groups -OCH3 is 1. The van der Waals surface area contributed by atoms with Gasteiger partial charge in [0.25, 0.3) is 5.69 Å². The van der Waals surface area contributed by atoms with Crippen molar-refractivity contribution in [1.29, 1.82) is 0 Å². The van der Waals surface area contributed by atoms with E-state index in [4.69, 9.17) is 21.1 Å². The number of unbranched alkanes of at least 4 members (excludes halogenated alkanes) is 1. The lowest BCUT2D eigenvalue weighted by atomic mass is 10.2. The van der Waals surface area contributed by atoms with Crippen LogP contribution in [0.15, 0.2) is 12.1 Å². The van der Waals surface area contributed by atoms with Crippen LogP contribution in [0.4, 0.5) is 5.69 Å². The highest BCUT2D eigenvalue weighted by Gasteiger charge is 2.18. The minimum Gasteiger partial charge on any atom is -0.493 e. The van der Waals surface area contributed by atoms with Gasteiger partial charge in [0.1, 0.15) is 0 Å². The van der Waals surface area contributed by atoms with Crippen LogP contribution in [0.25, 0.3) is 0 Å². The van der Waals surface area contributed by atoms with E-state index in [1.54, 1.807) is 6.07 Å². The van der Waals surface area contributed by atoms with Crippen LogP contribution >= 0.6 is 11.6 Å². The Morgan fingerprint density at radius 3 is 2.61 bits per heavy atom. The highest BCUT2D eigenvalue weighted by Crippen LogP contribution is 2.35. The fourth-order valence-corrected chi connectivity index (χ4v) is 1.68. The van der Waals surface area contributed by atoms with Gasteiger partial charge < -0.3 is 9.47 Å². The zero-order valence-electron chi connectivity index (χ0n) is 10.4. The van der Waals surface area contributed by atoms with Crippen molar-refractivity contribution >= 4 is 17.3 Å². The lowest BCUT2D eigenvalue weighted by Crippen LogP contribution is -2.02. The van der Waals surface area contributed by atoms with E-state index in [9.17, 15) is 10.1 Å². The molecule has 5 nitrogen and oxygen atoms in total. The molecule has 0 amide bonds. The summed E-state index contributed by atoms with van der Waals surface area (Å²) in [5.41, 5.74) is 0.374. The van der Waals surface area contributed by atoms with Crippen LogP contribution in [-0.2, 0) is 5.88 Å². The van der Waals surface area contributed by atoms with Crippen molar-refractivity contribution in [3.8, 4) is 11.5 Å². The molecule has 0 fully saturated rings. The Bertz CT molecular complexity index is 423. The van der Waals surface area contributed by atoms with Crippen LogP contribution in [0.3, 0.4) is 0 Å². The van der Waals surface area contributed by atoms with Gasteiger partial charge in [-0.3, -0.25) is 10.1 Å². The molecule has 1 rings (SSSR count). The van der Waals surface area contributed by atoms with E-state index in [1.165, 1.54) is 13.2 Å². The fourth-order valence-electron chi connectivity index (χ4n) is 1.47. The van der Waals surface area contributed by atoms with Crippen LogP contribution in [0.5, 0.6) is 11.5 Å². The Balaban J connectivity index is 3.07. The second kappa shape index (κ2) is 7.06. The number of halogens is 1. The summed E-state index contributed by atoms with van der Waals surface area (Å²) >= 11 is 5.68. The van der Waals surface area contributed by atoms with Crippen molar-refractivity contribution in [2.24, 2.45) is 0 Å². The Morgan fingerprint density at radius 2 is 2.11 bits per heavy atom. The van der Waals surface area contributed by atoms with E-state index in [-0.39, 0.29) is 11.6 Å². The first-order chi connectivity index (χ1) is 8.63. The monoisotopic (exact) mass is 273 g/mol. The summed E-state index contributed by atoms with van der Waals surface area (Å²) in [4.78, 5) is 10.4. The first-order valence-electron chi connectivity index (χ1n) is 5.68. The zero-order valence-corrected chi connectivity index (χ0v) is 11.2. The maximum atomic E-state index is 10.9. The largest absolute Gasteiger partial charge is 0.493 e. The van der Waals surface area contributed by atoms with Gasteiger partial charge in [-0.05, 0) is 12.5 Å². The predicted octanol–water partition coefficient (Wildman–Crippen LogP) is 3.52. The number of rotatable bonds is 7. The normalized spacial score (nSPS) is 10.2. The third kappa shape index (κ3) is 3.50. The molecular weight excluding hydrogens is 258 g/mol. The Labute approximate surface area is 111 Å². The molecule has 0 N–H and O–H groups in total. The third-order valence-electron chi connectivity index (χ3n) is 2.46. The molecule has 0 aliphatic heterocycles. The van der Waals surface area contributed by atoms with E-state index in [1.807, 2.05) is 6.92 Å². The molecule has 1 aromatic carbocycles. The minimum atomic E-state index is -0.468. The fraction of sp³-hybridized carbons (Fsp3) is 0.500. The van der Waals surface area contributed by atoms with E-state index < -0.39 is 4.92 Å².